The first-order valence-electron chi connectivity index (χ1n) is 7.65. The third-order valence-electron chi connectivity index (χ3n) is 4.22. The molecule has 1 amide bonds. The predicted octanol–water partition coefficient (Wildman–Crippen LogP) is 1.60. The van der Waals surface area contributed by atoms with Gasteiger partial charge < -0.3 is 14.2 Å². The summed E-state index contributed by atoms with van der Waals surface area (Å²) in [6.07, 6.45) is 2.37. The number of hydrogen-bond donors (Lipinski definition) is 0. The lowest BCUT2D eigenvalue weighted by Crippen LogP contribution is -2.40. The van der Waals surface area contributed by atoms with E-state index in [1.54, 1.807) is 37.3 Å². The molecule has 2 aromatic rings. The second kappa shape index (κ2) is 6.38. The van der Waals surface area contributed by atoms with E-state index in [0.29, 0.717) is 13.2 Å². The predicted molar refractivity (Wildman–Crippen MR) is 87.4 cm³/mol. The lowest BCUT2D eigenvalue weighted by Gasteiger charge is -2.29. The SMILES string of the molecule is CN(C[C@H]1Cc2ccccc2CO1)C(=O)c1cccn(C)c1=O. The van der Waals surface area contributed by atoms with Crippen molar-refractivity contribution >= 4 is 5.91 Å². The van der Waals surface area contributed by atoms with Gasteiger partial charge in [-0.3, -0.25) is 9.59 Å². The Morgan fingerprint density at radius 3 is 2.78 bits per heavy atom. The Morgan fingerprint density at radius 1 is 1.26 bits per heavy atom. The van der Waals surface area contributed by atoms with E-state index >= 15 is 0 Å². The molecule has 0 radical (unpaired) electrons. The molecule has 23 heavy (non-hydrogen) atoms. The van der Waals surface area contributed by atoms with Gasteiger partial charge in [-0.1, -0.05) is 24.3 Å². The van der Waals surface area contributed by atoms with Crippen LogP contribution >= 0.6 is 0 Å². The van der Waals surface area contributed by atoms with Crippen LogP contribution < -0.4 is 5.56 Å². The Bertz CT molecular complexity index is 782. The number of carbonyl (C=O) groups is 1. The number of pyridine rings is 1. The summed E-state index contributed by atoms with van der Waals surface area (Å²) in [6.45, 7) is 1.03. The summed E-state index contributed by atoms with van der Waals surface area (Å²) in [5.74, 6) is -0.270. The molecule has 2 heterocycles. The molecule has 120 valence electrons. The highest BCUT2D eigenvalue weighted by molar-refractivity contribution is 5.93. The Balaban J connectivity index is 1.70. The van der Waals surface area contributed by atoms with Crippen LogP contribution in [0, 0.1) is 0 Å². The molecule has 1 aliphatic heterocycles. The zero-order valence-electron chi connectivity index (χ0n) is 13.4. The van der Waals surface area contributed by atoms with Crippen LogP contribution in [-0.4, -0.2) is 35.1 Å². The van der Waals surface area contributed by atoms with E-state index in [4.69, 9.17) is 4.74 Å². The zero-order valence-corrected chi connectivity index (χ0v) is 13.4. The summed E-state index contributed by atoms with van der Waals surface area (Å²) in [5, 5.41) is 0. The summed E-state index contributed by atoms with van der Waals surface area (Å²) >= 11 is 0. The number of amides is 1. The standard InChI is InChI=1S/C18H20N2O3/c1-19-9-5-8-16(17(19)21)18(22)20(2)11-15-10-13-6-3-4-7-14(13)12-23-15/h3-9,15H,10-12H2,1-2H3/t15-/m1/s1. The summed E-state index contributed by atoms with van der Waals surface area (Å²) in [4.78, 5) is 26.1. The van der Waals surface area contributed by atoms with Crippen molar-refractivity contribution in [1.29, 1.82) is 0 Å². The van der Waals surface area contributed by atoms with Crippen LogP contribution in [0.2, 0.25) is 0 Å². The fourth-order valence-corrected chi connectivity index (χ4v) is 2.88. The van der Waals surface area contributed by atoms with Crippen molar-refractivity contribution in [1.82, 2.24) is 9.47 Å². The smallest absolute Gasteiger partial charge is 0.263 e. The fourth-order valence-electron chi connectivity index (χ4n) is 2.88. The molecule has 0 fully saturated rings. The van der Waals surface area contributed by atoms with Crippen molar-refractivity contribution in [2.75, 3.05) is 13.6 Å². The Labute approximate surface area is 135 Å². The van der Waals surface area contributed by atoms with E-state index in [9.17, 15) is 9.59 Å². The molecular formula is C18H20N2O3. The zero-order chi connectivity index (χ0) is 16.4. The number of aryl methyl sites for hydroxylation is 1. The van der Waals surface area contributed by atoms with Crippen LogP contribution in [0.15, 0.2) is 47.4 Å². The number of fused-ring (bicyclic) bond motifs is 1. The van der Waals surface area contributed by atoms with E-state index in [0.717, 1.165) is 6.42 Å². The molecule has 0 saturated heterocycles. The second-order valence-electron chi connectivity index (χ2n) is 5.93. The van der Waals surface area contributed by atoms with Crippen LogP contribution in [0.3, 0.4) is 0 Å². The van der Waals surface area contributed by atoms with Gasteiger partial charge in [-0.05, 0) is 23.3 Å². The second-order valence-corrected chi connectivity index (χ2v) is 5.93. The minimum absolute atomic E-state index is 0.0496. The van der Waals surface area contributed by atoms with Crippen molar-refractivity contribution in [3.8, 4) is 0 Å². The van der Waals surface area contributed by atoms with Crippen molar-refractivity contribution in [2.24, 2.45) is 7.05 Å². The largest absolute Gasteiger partial charge is 0.371 e. The number of nitrogens with zero attached hydrogens (tertiary/aromatic N) is 2. The topological polar surface area (TPSA) is 51.5 Å². The van der Waals surface area contributed by atoms with Crippen molar-refractivity contribution in [2.45, 2.75) is 19.1 Å². The van der Waals surface area contributed by atoms with Gasteiger partial charge in [0.25, 0.3) is 11.5 Å². The quantitative estimate of drug-likeness (QED) is 0.865. The highest BCUT2D eigenvalue weighted by Crippen LogP contribution is 2.20. The molecule has 5 heteroatoms. The van der Waals surface area contributed by atoms with Gasteiger partial charge in [0, 0.05) is 33.3 Å². The number of hydrogen-bond acceptors (Lipinski definition) is 3. The van der Waals surface area contributed by atoms with Gasteiger partial charge >= 0.3 is 0 Å². The molecule has 3 rings (SSSR count). The molecule has 0 bridgehead atoms. The Hall–Kier alpha value is -2.40. The minimum atomic E-state index is -0.278. The molecule has 0 spiro atoms. The van der Waals surface area contributed by atoms with Crippen LogP contribution in [0.5, 0.6) is 0 Å². The molecule has 5 nitrogen and oxygen atoms in total. The summed E-state index contributed by atoms with van der Waals surface area (Å²) in [5.41, 5.74) is 2.38. The lowest BCUT2D eigenvalue weighted by molar-refractivity contribution is 0.00980. The number of benzene rings is 1. The normalized spacial score (nSPS) is 16.7. The maximum Gasteiger partial charge on any atom is 0.263 e. The number of likely N-dealkylation sites (N-methyl/N-ethyl adjacent to an activating group) is 1. The van der Waals surface area contributed by atoms with Crippen LogP contribution in [0.1, 0.15) is 21.5 Å². The van der Waals surface area contributed by atoms with Crippen molar-refractivity contribution < 1.29 is 9.53 Å². The molecule has 0 saturated carbocycles. The average Bonchev–Trinajstić information content (AvgIpc) is 2.56. The molecule has 1 aromatic heterocycles. The summed E-state index contributed by atoms with van der Waals surface area (Å²) in [7, 11) is 3.35. The molecule has 0 N–H and O–H groups in total. The number of carbonyl (C=O) groups excluding carboxylic acids is 1. The maximum absolute atomic E-state index is 12.5. The third kappa shape index (κ3) is 3.19. The maximum atomic E-state index is 12.5. The van der Waals surface area contributed by atoms with Gasteiger partial charge in [0.1, 0.15) is 5.56 Å². The Kier molecular flexibility index (Phi) is 4.30. The third-order valence-corrected chi connectivity index (χ3v) is 4.22. The number of rotatable bonds is 3. The first-order chi connectivity index (χ1) is 11.1. The molecule has 1 atom stereocenters. The molecular weight excluding hydrogens is 292 g/mol. The van der Waals surface area contributed by atoms with E-state index in [2.05, 4.69) is 12.1 Å². The summed E-state index contributed by atoms with van der Waals surface area (Å²) < 4.78 is 7.25. The van der Waals surface area contributed by atoms with Gasteiger partial charge in [-0.25, -0.2) is 0 Å². The van der Waals surface area contributed by atoms with E-state index in [1.165, 1.54) is 15.7 Å². The van der Waals surface area contributed by atoms with Gasteiger partial charge in [0.15, 0.2) is 0 Å². The molecule has 1 aromatic carbocycles. The van der Waals surface area contributed by atoms with Gasteiger partial charge in [-0.2, -0.15) is 0 Å². The van der Waals surface area contributed by atoms with Crippen LogP contribution in [0.25, 0.3) is 0 Å². The van der Waals surface area contributed by atoms with E-state index in [1.807, 2.05) is 12.1 Å². The van der Waals surface area contributed by atoms with Crippen molar-refractivity contribution in [3.05, 3.63) is 69.6 Å². The van der Waals surface area contributed by atoms with Gasteiger partial charge in [0.2, 0.25) is 0 Å². The summed E-state index contributed by atoms with van der Waals surface area (Å²) in [6, 6.07) is 11.5. The molecule has 0 unspecified atom stereocenters. The number of ether oxygens (including phenoxy) is 1. The monoisotopic (exact) mass is 312 g/mol. The van der Waals surface area contributed by atoms with Gasteiger partial charge in [-0.15, -0.1) is 0 Å². The van der Waals surface area contributed by atoms with Crippen molar-refractivity contribution in [3.63, 3.8) is 0 Å². The fraction of sp³-hybridized carbons (Fsp3) is 0.333. The molecule has 0 aliphatic carbocycles. The van der Waals surface area contributed by atoms with Gasteiger partial charge in [0.05, 0.1) is 12.7 Å². The van der Waals surface area contributed by atoms with Crippen LogP contribution in [0.4, 0.5) is 0 Å². The van der Waals surface area contributed by atoms with E-state index < -0.39 is 0 Å². The highest BCUT2D eigenvalue weighted by atomic mass is 16.5. The molecule has 1 aliphatic rings. The van der Waals surface area contributed by atoms with Crippen LogP contribution in [-0.2, 0) is 24.8 Å². The highest BCUT2D eigenvalue weighted by Gasteiger charge is 2.23. The average molecular weight is 312 g/mol. The first-order valence-corrected chi connectivity index (χ1v) is 7.65. The Morgan fingerprint density at radius 2 is 2.00 bits per heavy atom. The first kappa shape index (κ1) is 15.5. The van der Waals surface area contributed by atoms with E-state index in [-0.39, 0.29) is 23.1 Å². The minimum Gasteiger partial charge on any atom is -0.371 e. The lowest BCUT2D eigenvalue weighted by atomic mass is 9.99. The number of aromatic nitrogens is 1.